The fraction of sp³-hybridized carbons (Fsp3) is 0.611. The van der Waals surface area contributed by atoms with Gasteiger partial charge in [-0.25, -0.2) is 0 Å². The van der Waals surface area contributed by atoms with Crippen molar-refractivity contribution < 1.29 is 4.79 Å². The van der Waals surface area contributed by atoms with Crippen molar-refractivity contribution in [2.45, 2.75) is 64.3 Å². The van der Waals surface area contributed by atoms with E-state index in [9.17, 15) is 4.79 Å². The van der Waals surface area contributed by atoms with Gasteiger partial charge in [0.25, 0.3) is 0 Å². The normalized spacial score (nSPS) is 12.2. The summed E-state index contributed by atoms with van der Waals surface area (Å²) in [5, 5.41) is 3.10. The van der Waals surface area contributed by atoms with Crippen LogP contribution in [0.2, 0.25) is 0 Å². The molecule has 1 amide bonds. The van der Waals surface area contributed by atoms with Crippen LogP contribution < -0.4 is 11.1 Å². The van der Waals surface area contributed by atoms with E-state index in [1.807, 2.05) is 30.3 Å². The van der Waals surface area contributed by atoms with E-state index in [1.54, 1.807) is 0 Å². The zero-order valence-electron chi connectivity index (χ0n) is 13.9. The van der Waals surface area contributed by atoms with Crippen LogP contribution in [-0.2, 0) is 10.2 Å². The molecule has 0 aromatic heterocycles. The zero-order chi connectivity index (χ0) is 15.9. The Morgan fingerprint density at radius 1 is 1.00 bits per heavy atom. The number of amides is 1. The standard InChI is InChI=1S/C18H30N2O/c1-5-17(19,6-2)14-20-16(21)18(7-3,8-4)15-12-10-9-11-13-15/h9-13H,5-8,14,19H2,1-4H3,(H,20,21). The van der Waals surface area contributed by atoms with Crippen LogP contribution in [0.25, 0.3) is 0 Å². The second-order valence-electron chi connectivity index (χ2n) is 5.91. The molecule has 3 nitrogen and oxygen atoms in total. The lowest BCUT2D eigenvalue weighted by atomic mass is 9.75. The monoisotopic (exact) mass is 290 g/mol. The molecule has 1 rings (SSSR count). The molecular formula is C18H30N2O. The van der Waals surface area contributed by atoms with Gasteiger partial charge in [0.05, 0.1) is 5.41 Å². The van der Waals surface area contributed by atoms with E-state index in [1.165, 1.54) is 0 Å². The van der Waals surface area contributed by atoms with Gasteiger partial charge in [-0.15, -0.1) is 0 Å². The molecular weight excluding hydrogens is 260 g/mol. The SMILES string of the molecule is CCC(N)(CC)CNC(=O)C(CC)(CC)c1ccccc1. The van der Waals surface area contributed by atoms with E-state index in [2.05, 4.69) is 33.0 Å². The van der Waals surface area contributed by atoms with Crippen LogP contribution >= 0.6 is 0 Å². The average Bonchev–Trinajstić information content (AvgIpc) is 2.55. The van der Waals surface area contributed by atoms with Gasteiger partial charge in [-0.2, -0.15) is 0 Å². The van der Waals surface area contributed by atoms with Crippen molar-refractivity contribution in [3.63, 3.8) is 0 Å². The highest BCUT2D eigenvalue weighted by atomic mass is 16.2. The molecule has 0 heterocycles. The lowest BCUT2D eigenvalue weighted by Crippen LogP contribution is -2.53. The Balaban J connectivity index is 2.94. The molecule has 0 saturated heterocycles. The van der Waals surface area contributed by atoms with Gasteiger partial charge in [0.1, 0.15) is 0 Å². The summed E-state index contributed by atoms with van der Waals surface area (Å²) in [6.07, 6.45) is 3.30. The number of benzene rings is 1. The number of nitrogens with two attached hydrogens (primary N) is 1. The van der Waals surface area contributed by atoms with Crippen LogP contribution in [0.4, 0.5) is 0 Å². The Hall–Kier alpha value is -1.35. The van der Waals surface area contributed by atoms with Gasteiger partial charge < -0.3 is 11.1 Å². The third kappa shape index (κ3) is 3.85. The van der Waals surface area contributed by atoms with Gasteiger partial charge in [-0.1, -0.05) is 58.0 Å². The van der Waals surface area contributed by atoms with Crippen molar-refractivity contribution >= 4 is 5.91 Å². The summed E-state index contributed by atoms with van der Waals surface area (Å²) in [4.78, 5) is 12.8. The van der Waals surface area contributed by atoms with Crippen molar-refractivity contribution in [2.24, 2.45) is 5.73 Å². The average molecular weight is 290 g/mol. The number of carbonyl (C=O) groups is 1. The molecule has 3 N–H and O–H groups in total. The molecule has 0 atom stereocenters. The molecule has 0 radical (unpaired) electrons. The third-order valence-corrected chi connectivity index (χ3v) is 4.98. The highest BCUT2D eigenvalue weighted by Crippen LogP contribution is 2.32. The smallest absolute Gasteiger partial charge is 0.230 e. The molecule has 1 aromatic carbocycles. The zero-order valence-corrected chi connectivity index (χ0v) is 13.9. The molecule has 0 aliphatic carbocycles. The maximum atomic E-state index is 12.8. The minimum Gasteiger partial charge on any atom is -0.353 e. The van der Waals surface area contributed by atoms with Crippen LogP contribution in [0.3, 0.4) is 0 Å². The van der Waals surface area contributed by atoms with Crippen molar-refractivity contribution in [1.82, 2.24) is 5.32 Å². The van der Waals surface area contributed by atoms with E-state index < -0.39 is 5.41 Å². The Bertz CT molecular complexity index is 434. The number of carbonyl (C=O) groups excluding carboxylic acids is 1. The Labute approximate surface area is 129 Å². The maximum absolute atomic E-state index is 12.8. The van der Waals surface area contributed by atoms with Gasteiger partial charge in [0.2, 0.25) is 5.91 Å². The second-order valence-corrected chi connectivity index (χ2v) is 5.91. The summed E-state index contributed by atoms with van der Waals surface area (Å²) >= 11 is 0. The first-order valence-corrected chi connectivity index (χ1v) is 8.10. The second kappa shape index (κ2) is 7.60. The van der Waals surface area contributed by atoms with E-state index >= 15 is 0 Å². The fourth-order valence-electron chi connectivity index (χ4n) is 2.79. The highest BCUT2D eigenvalue weighted by Gasteiger charge is 2.37. The van der Waals surface area contributed by atoms with Gasteiger partial charge in [-0.05, 0) is 31.2 Å². The number of hydrogen-bond donors (Lipinski definition) is 2. The van der Waals surface area contributed by atoms with Crippen molar-refractivity contribution in [3.8, 4) is 0 Å². The molecule has 0 aliphatic heterocycles. The quantitative estimate of drug-likeness (QED) is 0.771. The summed E-state index contributed by atoms with van der Waals surface area (Å²) in [6, 6.07) is 10.1. The first-order valence-electron chi connectivity index (χ1n) is 8.10. The molecule has 21 heavy (non-hydrogen) atoms. The number of rotatable bonds is 8. The molecule has 0 unspecified atom stereocenters. The first kappa shape index (κ1) is 17.7. The van der Waals surface area contributed by atoms with Crippen LogP contribution in [-0.4, -0.2) is 18.0 Å². The van der Waals surface area contributed by atoms with E-state index in [0.717, 1.165) is 31.2 Å². The summed E-state index contributed by atoms with van der Waals surface area (Å²) in [7, 11) is 0. The Morgan fingerprint density at radius 3 is 1.95 bits per heavy atom. The predicted octanol–water partition coefficient (Wildman–Crippen LogP) is 3.38. The molecule has 118 valence electrons. The largest absolute Gasteiger partial charge is 0.353 e. The molecule has 3 heteroatoms. The lowest BCUT2D eigenvalue weighted by Gasteiger charge is -2.34. The van der Waals surface area contributed by atoms with E-state index in [0.29, 0.717) is 6.54 Å². The van der Waals surface area contributed by atoms with Crippen LogP contribution in [0.15, 0.2) is 30.3 Å². The minimum absolute atomic E-state index is 0.0930. The fourth-order valence-corrected chi connectivity index (χ4v) is 2.79. The van der Waals surface area contributed by atoms with Crippen LogP contribution in [0.1, 0.15) is 58.9 Å². The maximum Gasteiger partial charge on any atom is 0.230 e. The lowest BCUT2D eigenvalue weighted by molar-refractivity contribution is -0.127. The van der Waals surface area contributed by atoms with Gasteiger partial charge in [-0.3, -0.25) is 4.79 Å². The highest BCUT2D eigenvalue weighted by molar-refractivity contribution is 5.88. The summed E-state index contributed by atoms with van der Waals surface area (Å²) in [5.41, 5.74) is 6.62. The molecule has 0 fully saturated rings. The summed E-state index contributed by atoms with van der Waals surface area (Å²) in [6.45, 7) is 8.82. The molecule has 0 saturated carbocycles. The van der Waals surface area contributed by atoms with E-state index in [4.69, 9.17) is 5.73 Å². The first-order chi connectivity index (χ1) is 9.98. The topological polar surface area (TPSA) is 55.1 Å². The number of nitrogens with one attached hydrogen (secondary N) is 1. The Kier molecular flexibility index (Phi) is 6.41. The van der Waals surface area contributed by atoms with Crippen molar-refractivity contribution in [1.29, 1.82) is 0 Å². The minimum atomic E-state index is -0.455. The summed E-state index contributed by atoms with van der Waals surface area (Å²) < 4.78 is 0. The molecule has 0 aliphatic rings. The van der Waals surface area contributed by atoms with Gasteiger partial charge in [0.15, 0.2) is 0 Å². The van der Waals surface area contributed by atoms with Gasteiger partial charge >= 0.3 is 0 Å². The van der Waals surface area contributed by atoms with Crippen LogP contribution in [0, 0.1) is 0 Å². The van der Waals surface area contributed by atoms with Crippen molar-refractivity contribution in [3.05, 3.63) is 35.9 Å². The van der Waals surface area contributed by atoms with Crippen LogP contribution in [0.5, 0.6) is 0 Å². The summed E-state index contributed by atoms with van der Waals surface area (Å²) in [5.74, 6) is 0.0930. The number of hydrogen-bond acceptors (Lipinski definition) is 2. The molecule has 0 bridgehead atoms. The van der Waals surface area contributed by atoms with E-state index in [-0.39, 0.29) is 11.4 Å². The van der Waals surface area contributed by atoms with Crippen molar-refractivity contribution in [2.75, 3.05) is 6.54 Å². The molecule has 1 aromatic rings. The third-order valence-electron chi connectivity index (χ3n) is 4.98. The Morgan fingerprint density at radius 2 is 1.52 bits per heavy atom. The molecule has 0 spiro atoms. The predicted molar refractivity (Wildman–Crippen MR) is 89.2 cm³/mol. The van der Waals surface area contributed by atoms with Gasteiger partial charge in [0, 0.05) is 12.1 Å².